The van der Waals surface area contributed by atoms with E-state index in [-0.39, 0.29) is 10.6 Å². The molecule has 0 aromatic heterocycles. The molecule has 7 nitrogen and oxygen atoms in total. The van der Waals surface area contributed by atoms with E-state index in [1.807, 2.05) is 4.90 Å². The van der Waals surface area contributed by atoms with Crippen molar-refractivity contribution in [1.82, 2.24) is 0 Å². The maximum Gasteiger partial charge on any atom is 0.293 e. The Bertz CT molecular complexity index is 728. The fourth-order valence-electron chi connectivity index (χ4n) is 2.66. The van der Waals surface area contributed by atoms with Gasteiger partial charge in [0, 0.05) is 12.3 Å². The first-order valence-corrected chi connectivity index (χ1v) is 9.35. The summed E-state index contributed by atoms with van der Waals surface area (Å²) in [5, 5.41) is 11.9. The van der Waals surface area contributed by atoms with Crippen molar-refractivity contribution < 1.29 is 18.2 Å². The zero-order valence-corrected chi connectivity index (χ0v) is 14.4. The number of nitrogens with zero attached hydrogens (tertiary/aromatic N) is 2. The number of piperazine rings is 1. The third kappa shape index (κ3) is 4.43. The quantitative estimate of drug-likeness (QED) is 0.609. The first kappa shape index (κ1) is 17.7. The van der Waals surface area contributed by atoms with Gasteiger partial charge >= 0.3 is 0 Å². The van der Waals surface area contributed by atoms with Gasteiger partial charge < -0.3 is 9.80 Å². The zero-order chi connectivity index (χ0) is 17.2. The van der Waals surface area contributed by atoms with Crippen LogP contribution in [0.4, 0.5) is 11.4 Å². The monoisotopic (exact) mass is 360 g/mol. The number of halogens is 1. The second-order valence-electron chi connectivity index (χ2n) is 5.61. The highest BCUT2D eigenvalue weighted by Crippen LogP contribution is 2.30. The Balaban J connectivity index is 2.23. The van der Waals surface area contributed by atoms with E-state index < -0.39 is 14.8 Å². The molecule has 0 bridgehead atoms. The first-order chi connectivity index (χ1) is 10.7. The molecular formula is C14H19ClN3O4S+. The normalized spacial score (nSPS) is 16.3. The molecule has 126 valence electrons. The largest absolute Gasteiger partial charge is 0.355 e. The molecular weight excluding hydrogens is 342 g/mol. The van der Waals surface area contributed by atoms with Gasteiger partial charge in [-0.15, -0.1) is 0 Å². The molecule has 1 aliphatic heterocycles. The first-order valence-electron chi connectivity index (χ1n) is 7.09. The Kier molecular flexibility index (Phi) is 5.28. The SMILES string of the molecule is C=C(Cl)C[NH+]1CCN(c2ccc(S(C)(=O)=O)cc2[N+](=O)[O-])CC1. The van der Waals surface area contributed by atoms with E-state index in [2.05, 4.69) is 6.58 Å². The van der Waals surface area contributed by atoms with Gasteiger partial charge in [-0.25, -0.2) is 8.42 Å². The van der Waals surface area contributed by atoms with Crippen molar-refractivity contribution in [2.24, 2.45) is 0 Å². The molecule has 1 N–H and O–H groups in total. The van der Waals surface area contributed by atoms with Crippen molar-refractivity contribution in [3.63, 3.8) is 0 Å². The lowest BCUT2D eigenvalue weighted by molar-refractivity contribution is -0.895. The molecule has 1 saturated heterocycles. The van der Waals surface area contributed by atoms with Crippen LogP contribution in [0.3, 0.4) is 0 Å². The van der Waals surface area contributed by atoms with Crippen LogP contribution in [0.15, 0.2) is 34.7 Å². The van der Waals surface area contributed by atoms with Crippen LogP contribution in [0, 0.1) is 10.1 Å². The van der Waals surface area contributed by atoms with Gasteiger partial charge in [-0.2, -0.15) is 0 Å². The van der Waals surface area contributed by atoms with Gasteiger partial charge in [0.2, 0.25) is 0 Å². The van der Waals surface area contributed by atoms with Gasteiger partial charge in [-0.3, -0.25) is 10.1 Å². The number of nitrogens with one attached hydrogen (secondary N) is 1. The summed E-state index contributed by atoms with van der Waals surface area (Å²) in [6.07, 6.45) is 1.03. The third-order valence-corrected chi connectivity index (χ3v) is 5.07. The lowest BCUT2D eigenvalue weighted by Gasteiger charge is -2.33. The van der Waals surface area contributed by atoms with Crippen LogP contribution in [-0.2, 0) is 9.84 Å². The smallest absolute Gasteiger partial charge is 0.293 e. The molecule has 1 fully saturated rings. The highest BCUT2D eigenvalue weighted by molar-refractivity contribution is 7.90. The molecule has 0 amide bonds. The number of anilines is 1. The van der Waals surface area contributed by atoms with Crippen molar-refractivity contribution in [3.8, 4) is 0 Å². The third-order valence-electron chi connectivity index (χ3n) is 3.82. The van der Waals surface area contributed by atoms with Crippen LogP contribution in [0.25, 0.3) is 0 Å². The van der Waals surface area contributed by atoms with E-state index >= 15 is 0 Å². The minimum Gasteiger partial charge on any atom is -0.355 e. The predicted octanol–water partition coefficient (Wildman–Crippen LogP) is 0.456. The number of benzene rings is 1. The summed E-state index contributed by atoms with van der Waals surface area (Å²) in [5.74, 6) is 0. The molecule has 0 spiro atoms. The fourth-order valence-corrected chi connectivity index (χ4v) is 3.49. The summed E-state index contributed by atoms with van der Waals surface area (Å²) in [5.41, 5.74) is 0.268. The standard InChI is InChI=1S/C14H18ClN3O4S/c1-11(15)10-16-5-7-17(8-6-16)13-4-3-12(23(2,21)22)9-14(13)18(19)20/h3-4,9H,1,5-8,10H2,2H3/p+1. The fraction of sp³-hybridized carbons (Fsp3) is 0.429. The van der Waals surface area contributed by atoms with Gasteiger partial charge in [0.05, 0.1) is 41.0 Å². The van der Waals surface area contributed by atoms with Gasteiger partial charge in [-0.05, 0) is 12.1 Å². The highest BCUT2D eigenvalue weighted by Gasteiger charge is 2.27. The molecule has 9 heteroatoms. The highest BCUT2D eigenvalue weighted by atomic mass is 35.5. The minimum atomic E-state index is -3.48. The molecule has 0 saturated carbocycles. The van der Waals surface area contributed by atoms with Crippen LogP contribution in [0.2, 0.25) is 0 Å². The van der Waals surface area contributed by atoms with Crippen molar-refractivity contribution in [1.29, 1.82) is 0 Å². The minimum absolute atomic E-state index is 0.0457. The number of nitro groups is 1. The van der Waals surface area contributed by atoms with Crippen LogP contribution in [-0.4, -0.2) is 52.3 Å². The Morgan fingerprint density at radius 2 is 2.04 bits per heavy atom. The number of nitro benzene ring substituents is 1. The average molecular weight is 361 g/mol. The molecule has 1 aromatic carbocycles. The second kappa shape index (κ2) is 6.86. The van der Waals surface area contributed by atoms with E-state index in [4.69, 9.17) is 11.6 Å². The summed E-state index contributed by atoms with van der Waals surface area (Å²) in [4.78, 5) is 13.9. The molecule has 0 radical (unpaired) electrons. The summed E-state index contributed by atoms with van der Waals surface area (Å²) in [7, 11) is -3.48. The maximum atomic E-state index is 11.6. The van der Waals surface area contributed by atoms with Crippen molar-refractivity contribution in [2.45, 2.75) is 4.90 Å². The zero-order valence-electron chi connectivity index (χ0n) is 12.8. The Labute approximate surface area is 140 Å². The van der Waals surface area contributed by atoms with E-state index in [0.717, 1.165) is 25.4 Å². The van der Waals surface area contributed by atoms with Crippen molar-refractivity contribution in [2.75, 3.05) is 43.9 Å². The molecule has 1 aliphatic rings. The Hall–Kier alpha value is -1.64. The number of quaternary nitrogens is 1. The number of sulfone groups is 1. The van der Waals surface area contributed by atoms with E-state index in [1.165, 1.54) is 17.0 Å². The lowest BCUT2D eigenvalue weighted by atomic mass is 10.2. The molecule has 1 heterocycles. The summed E-state index contributed by atoms with van der Waals surface area (Å²) in [6.45, 7) is 7.20. The topological polar surface area (TPSA) is 85.0 Å². The summed E-state index contributed by atoms with van der Waals surface area (Å²) < 4.78 is 23.2. The molecule has 0 aliphatic carbocycles. The molecule has 23 heavy (non-hydrogen) atoms. The lowest BCUT2D eigenvalue weighted by Crippen LogP contribution is -3.15. The predicted molar refractivity (Wildman–Crippen MR) is 89.0 cm³/mol. The van der Waals surface area contributed by atoms with Crippen LogP contribution in [0.5, 0.6) is 0 Å². The van der Waals surface area contributed by atoms with E-state index in [1.54, 1.807) is 0 Å². The van der Waals surface area contributed by atoms with Gasteiger partial charge in [0.1, 0.15) is 12.2 Å². The Morgan fingerprint density at radius 3 is 2.52 bits per heavy atom. The number of rotatable bonds is 5. The summed E-state index contributed by atoms with van der Waals surface area (Å²) in [6, 6.07) is 4.06. The molecule has 0 unspecified atom stereocenters. The van der Waals surface area contributed by atoms with E-state index in [9.17, 15) is 18.5 Å². The van der Waals surface area contributed by atoms with Crippen LogP contribution < -0.4 is 9.80 Å². The number of hydrogen-bond acceptors (Lipinski definition) is 5. The summed E-state index contributed by atoms with van der Waals surface area (Å²) >= 11 is 5.82. The number of hydrogen-bond donors (Lipinski definition) is 1. The van der Waals surface area contributed by atoms with Gasteiger partial charge in [0.15, 0.2) is 9.84 Å². The maximum absolute atomic E-state index is 11.6. The van der Waals surface area contributed by atoms with Crippen LogP contribution in [0.1, 0.15) is 0 Å². The van der Waals surface area contributed by atoms with Crippen molar-refractivity contribution in [3.05, 3.63) is 39.9 Å². The molecule has 0 atom stereocenters. The average Bonchev–Trinajstić information content (AvgIpc) is 2.46. The second-order valence-corrected chi connectivity index (χ2v) is 8.16. The van der Waals surface area contributed by atoms with E-state index in [0.29, 0.717) is 30.4 Å². The van der Waals surface area contributed by atoms with Gasteiger partial charge in [0.25, 0.3) is 5.69 Å². The van der Waals surface area contributed by atoms with Gasteiger partial charge in [-0.1, -0.05) is 18.2 Å². The van der Waals surface area contributed by atoms with Crippen molar-refractivity contribution >= 4 is 32.8 Å². The molecule has 1 aromatic rings. The molecule has 2 rings (SSSR count). The van der Waals surface area contributed by atoms with Crippen LogP contribution >= 0.6 is 11.6 Å². The Morgan fingerprint density at radius 1 is 1.43 bits per heavy atom.